The van der Waals surface area contributed by atoms with Crippen LogP contribution in [0.25, 0.3) is 0 Å². The summed E-state index contributed by atoms with van der Waals surface area (Å²) in [6, 6.07) is 6.63. The average Bonchev–Trinajstić information content (AvgIpc) is 3.60. The molecule has 0 unspecified atom stereocenters. The van der Waals surface area contributed by atoms with Crippen LogP contribution in [0.4, 0.5) is 20.2 Å². The zero-order chi connectivity index (χ0) is 28.1. The quantitative estimate of drug-likeness (QED) is 0.375. The van der Waals surface area contributed by atoms with Gasteiger partial charge >= 0.3 is 0 Å². The van der Waals surface area contributed by atoms with Crippen molar-refractivity contribution in [1.82, 2.24) is 10.2 Å². The fourth-order valence-electron chi connectivity index (χ4n) is 4.55. The van der Waals surface area contributed by atoms with Crippen molar-refractivity contribution in [3.63, 3.8) is 0 Å². The lowest BCUT2D eigenvalue weighted by Crippen LogP contribution is -2.52. The van der Waals surface area contributed by atoms with Crippen molar-refractivity contribution in [3.8, 4) is 0 Å². The third-order valence-electron chi connectivity index (χ3n) is 6.61. The Bertz CT molecular complexity index is 1190. The number of hydrogen-bond acceptors (Lipinski definition) is 6. The predicted octanol–water partition coefficient (Wildman–Crippen LogP) is 4.81. The Hall–Kier alpha value is -2.60. The van der Waals surface area contributed by atoms with Gasteiger partial charge in [-0.3, -0.25) is 19.3 Å². The van der Waals surface area contributed by atoms with Gasteiger partial charge in [-0.25, -0.2) is 8.78 Å². The van der Waals surface area contributed by atoms with Crippen molar-refractivity contribution in [1.29, 1.82) is 0 Å². The summed E-state index contributed by atoms with van der Waals surface area (Å²) >= 11 is 7.10. The minimum absolute atomic E-state index is 0.00397. The van der Waals surface area contributed by atoms with E-state index in [2.05, 4.69) is 10.6 Å². The van der Waals surface area contributed by atoms with Gasteiger partial charge in [-0.15, -0.1) is 11.3 Å². The average molecular weight is 583 g/mol. The number of halogens is 3. The first-order chi connectivity index (χ1) is 18.6. The molecular formula is C27H33ClF2N4O4S. The van der Waals surface area contributed by atoms with Crippen molar-refractivity contribution in [2.45, 2.75) is 39.2 Å². The summed E-state index contributed by atoms with van der Waals surface area (Å²) in [5.74, 6) is -0.447. The summed E-state index contributed by atoms with van der Waals surface area (Å²) in [7, 11) is 0. The topological polar surface area (TPSA) is 91.0 Å². The fourth-order valence-corrected chi connectivity index (χ4v) is 5.51. The van der Waals surface area contributed by atoms with E-state index >= 15 is 0 Å². The number of carbonyl (C=O) groups is 3. The Morgan fingerprint density at radius 1 is 1.23 bits per heavy atom. The van der Waals surface area contributed by atoms with Gasteiger partial charge in [-0.05, 0) is 55.0 Å². The standard InChI is InChI=1S/C27H33ClF2N4O4S/c1-16(2)13-33(14-17-3-4-17)21(12-31-27(37)22-7-8-23(28)39-22)26(36)32-20-6-5-18(11-19(20)25(29)30)34-9-10-38-15-24(34)35/h5-8,11,16-17,21,25H,3-4,9-10,12-15H2,1-2H3,(H,31,37)(H,32,36)/t21-/m0/s1. The van der Waals surface area contributed by atoms with Crippen molar-refractivity contribution in [2.75, 3.05) is 49.6 Å². The van der Waals surface area contributed by atoms with Crippen molar-refractivity contribution in [3.05, 3.63) is 45.1 Å². The summed E-state index contributed by atoms with van der Waals surface area (Å²) in [5.41, 5.74) is -0.0873. The van der Waals surface area contributed by atoms with Crippen LogP contribution in [0, 0.1) is 11.8 Å². The molecule has 1 saturated heterocycles. The van der Waals surface area contributed by atoms with Crippen molar-refractivity contribution >= 4 is 52.0 Å². The van der Waals surface area contributed by atoms with E-state index in [1.807, 2.05) is 18.7 Å². The van der Waals surface area contributed by atoms with E-state index in [0.29, 0.717) is 40.5 Å². The van der Waals surface area contributed by atoms with Gasteiger partial charge in [-0.2, -0.15) is 0 Å². The van der Waals surface area contributed by atoms with Crippen LogP contribution in [-0.2, 0) is 14.3 Å². The summed E-state index contributed by atoms with van der Waals surface area (Å²) in [6.07, 6.45) is -0.739. The molecule has 2 aliphatic rings. The summed E-state index contributed by atoms with van der Waals surface area (Å²) < 4.78 is 33.8. The van der Waals surface area contributed by atoms with Crippen LogP contribution < -0.4 is 15.5 Å². The Kier molecular flexibility index (Phi) is 9.92. The molecule has 2 fully saturated rings. The maximum Gasteiger partial charge on any atom is 0.265 e. The molecule has 4 rings (SSSR count). The number of nitrogens with zero attached hydrogens (tertiary/aromatic N) is 2. The lowest BCUT2D eigenvalue weighted by Gasteiger charge is -2.32. The van der Waals surface area contributed by atoms with Gasteiger partial charge in [0, 0.05) is 43.1 Å². The van der Waals surface area contributed by atoms with E-state index in [-0.39, 0.29) is 48.7 Å². The molecule has 3 amide bonds. The highest BCUT2D eigenvalue weighted by Crippen LogP contribution is 2.33. The van der Waals surface area contributed by atoms with Gasteiger partial charge in [0.25, 0.3) is 18.2 Å². The number of benzene rings is 1. The van der Waals surface area contributed by atoms with E-state index in [1.54, 1.807) is 12.1 Å². The Balaban J connectivity index is 1.56. The molecule has 8 nitrogen and oxygen atoms in total. The van der Waals surface area contributed by atoms with E-state index in [9.17, 15) is 23.2 Å². The number of amides is 3. The molecule has 2 heterocycles. The number of anilines is 2. The number of ether oxygens (including phenoxy) is 1. The first kappa shape index (κ1) is 29.4. The maximum absolute atomic E-state index is 14.1. The van der Waals surface area contributed by atoms with Crippen LogP contribution in [0.15, 0.2) is 30.3 Å². The summed E-state index contributed by atoms with van der Waals surface area (Å²) in [6.45, 7) is 5.83. The first-order valence-electron chi connectivity index (χ1n) is 13.0. The molecule has 0 spiro atoms. The largest absolute Gasteiger partial charge is 0.370 e. The van der Waals surface area contributed by atoms with E-state index in [0.717, 1.165) is 24.2 Å². The fraction of sp³-hybridized carbons (Fsp3) is 0.519. The zero-order valence-corrected chi connectivity index (χ0v) is 23.5. The van der Waals surface area contributed by atoms with Crippen LogP contribution in [0.3, 0.4) is 0 Å². The number of morpholine rings is 1. The van der Waals surface area contributed by atoms with E-state index in [4.69, 9.17) is 16.3 Å². The number of nitrogens with one attached hydrogen (secondary N) is 2. The molecule has 1 atom stereocenters. The number of carbonyl (C=O) groups excluding carboxylic acids is 3. The number of hydrogen-bond donors (Lipinski definition) is 2. The van der Waals surface area contributed by atoms with Gasteiger partial charge in [0.1, 0.15) is 12.6 Å². The number of rotatable bonds is 12. The summed E-state index contributed by atoms with van der Waals surface area (Å²) in [4.78, 5) is 42.4. The van der Waals surface area contributed by atoms with Crippen LogP contribution in [-0.4, -0.2) is 68.1 Å². The van der Waals surface area contributed by atoms with Gasteiger partial charge in [-0.1, -0.05) is 25.4 Å². The molecule has 39 heavy (non-hydrogen) atoms. The van der Waals surface area contributed by atoms with Crippen molar-refractivity contribution < 1.29 is 27.9 Å². The van der Waals surface area contributed by atoms with Gasteiger partial charge in [0.15, 0.2) is 0 Å². The van der Waals surface area contributed by atoms with Gasteiger partial charge in [0.05, 0.1) is 15.8 Å². The maximum atomic E-state index is 14.1. The number of alkyl halides is 2. The summed E-state index contributed by atoms with van der Waals surface area (Å²) in [5, 5.41) is 5.52. The third kappa shape index (κ3) is 7.97. The number of thiophene rings is 1. The minimum atomic E-state index is -2.88. The molecule has 0 radical (unpaired) electrons. The molecule has 2 N–H and O–H groups in total. The molecular weight excluding hydrogens is 550 g/mol. The van der Waals surface area contributed by atoms with E-state index < -0.39 is 18.4 Å². The highest BCUT2D eigenvalue weighted by molar-refractivity contribution is 7.18. The Morgan fingerprint density at radius 2 is 2.00 bits per heavy atom. The Morgan fingerprint density at radius 3 is 2.62 bits per heavy atom. The minimum Gasteiger partial charge on any atom is -0.370 e. The molecule has 212 valence electrons. The normalized spacial score (nSPS) is 16.7. The van der Waals surface area contributed by atoms with Crippen LogP contribution in [0.5, 0.6) is 0 Å². The highest BCUT2D eigenvalue weighted by atomic mass is 35.5. The first-order valence-corrected chi connectivity index (χ1v) is 14.2. The second kappa shape index (κ2) is 13.2. The lowest BCUT2D eigenvalue weighted by atomic mass is 10.1. The van der Waals surface area contributed by atoms with Crippen LogP contribution in [0.2, 0.25) is 4.34 Å². The Labute approximate surface area is 235 Å². The smallest absolute Gasteiger partial charge is 0.265 e. The molecule has 1 aliphatic carbocycles. The van der Waals surface area contributed by atoms with Gasteiger partial charge < -0.3 is 20.3 Å². The molecule has 2 aromatic rings. The SMILES string of the molecule is CC(C)CN(CC1CC1)[C@@H](CNC(=O)c1ccc(Cl)s1)C(=O)Nc1ccc(N2CCOCC2=O)cc1C(F)F. The zero-order valence-electron chi connectivity index (χ0n) is 21.9. The monoisotopic (exact) mass is 582 g/mol. The third-order valence-corrected chi connectivity index (χ3v) is 7.84. The predicted molar refractivity (Wildman–Crippen MR) is 148 cm³/mol. The molecule has 0 bridgehead atoms. The molecule has 1 saturated carbocycles. The van der Waals surface area contributed by atoms with Crippen molar-refractivity contribution in [2.24, 2.45) is 11.8 Å². The van der Waals surface area contributed by atoms with Gasteiger partial charge in [0.2, 0.25) is 5.91 Å². The molecule has 12 heteroatoms. The van der Waals surface area contributed by atoms with Crippen LogP contribution >= 0.6 is 22.9 Å². The molecule has 1 aromatic carbocycles. The second-order valence-electron chi connectivity index (χ2n) is 10.3. The lowest BCUT2D eigenvalue weighted by molar-refractivity contribution is -0.125. The molecule has 1 aliphatic heterocycles. The van der Waals surface area contributed by atoms with Crippen LogP contribution in [0.1, 0.15) is 48.3 Å². The highest BCUT2D eigenvalue weighted by Gasteiger charge is 2.33. The second-order valence-corrected chi connectivity index (χ2v) is 12.0. The molecule has 1 aromatic heterocycles. The van der Waals surface area contributed by atoms with E-state index in [1.165, 1.54) is 23.1 Å².